The average Bonchev–Trinajstić information content (AvgIpc) is 3.03. The van der Waals surface area contributed by atoms with E-state index in [-0.39, 0.29) is 5.97 Å². The topological polar surface area (TPSA) is 26.3 Å². The van der Waals surface area contributed by atoms with Gasteiger partial charge < -0.3 is 4.74 Å². The third-order valence-electron chi connectivity index (χ3n) is 4.04. The van der Waals surface area contributed by atoms with Gasteiger partial charge in [-0.05, 0) is 44.3 Å². The summed E-state index contributed by atoms with van der Waals surface area (Å²) in [5.41, 5.74) is 1.49. The number of ether oxygens (including phenoxy) is 1. The molecule has 1 rings (SSSR count). The van der Waals surface area contributed by atoms with Gasteiger partial charge in [0.15, 0.2) is 0 Å². The number of rotatable bonds is 14. The van der Waals surface area contributed by atoms with Crippen molar-refractivity contribution in [2.75, 3.05) is 12.4 Å². The fourth-order valence-corrected chi connectivity index (χ4v) is 2.88. The normalized spacial score (nSPS) is 13.4. The van der Waals surface area contributed by atoms with E-state index in [1.807, 2.05) is 0 Å². The molecule has 0 spiro atoms. The third kappa shape index (κ3) is 10.9. The third-order valence-corrected chi connectivity index (χ3v) is 4.36. The van der Waals surface area contributed by atoms with E-state index in [1.54, 1.807) is 0 Å². The van der Waals surface area contributed by atoms with Gasteiger partial charge in [-0.1, -0.05) is 55.9 Å². The van der Waals surface area contributed by atoms with Gasteiger partial charge in [0.05, 0.1) is 6.61 Å². The van der Waals surface area contributed by atoms with Gasteiger partial charge in [-0.2, -0.15) is 12.6 Å². The van der Waals surface area contributed by atoms with Crippen LogP contribution < -0.4 is 0 Å². The Balaban J connectivity index is 1.79. The molecular formula is C19H32O2S. The van der Waals surface area contributed by atoms with E-state index in [4.69, 9.17) is 4.74 Å². The first-order chi connectivity index (χ1) is 10.8. The van der Waals surface area contributed by atoms with E-state index in [0.29, 0.717) is 13.0 Å². The molecule has 126 valence electrons. The molecule has 3 heteroatoms. The van der Waals surface area contributed by atoms with E-state index >= 15 is 0 Å². The standard InChI is InChI=1S/C19H32O2S/c20-19(15-9-8-14-18-12-6-7-13-18)21-16-10-4-2-1-3-5-11-17-22/h6-7,12,22H,1-5,8-11,13-17H2. The van der Waals surface area contributed by atoms with Crippen LogP contribution in [0.25, 0.3) is 0 Å². The molecule has 0 aliphatic heterocycles. The van der Waals surface area contributed by atoms with Crippen LogP contribution in [0.15, 0.2) is 23.8 Å². The molecule has 0 saturated carbocycles. The zero-order valence-corrected chi connectivity index (χ0v) is 14.8. The maximum absolute atomic E-state index is 11.6. The predicted molar refractivity (Wildman–Crippen MR) is 97.4 cm³/mol. The van der Waals surface area contributed by atoms with E-state index in [0.717, 1.165) is 37.9 Å². The van der Waals surface area contributed by atoms with Gasteiger partial charge in [0, 0.05) is 6.42 Å². The van der Waals surface area contributed by atoms with E-state index in [9.17, 15) is 4.79 Å². The SMILES string of the molecule is O=C(CCCCC1=CC=CC1)OCCCCCCCCCS. The molecule has 2 nitrogen and oxygen atoms in total. The first-order valence-electron chi connectivity index (χ1n) is 8.94. The van der Waals surface area contributed by atoms with Crippen molar-refractivity contribution >= 4 is 18.6 Å². The second-order valence-corrected chi connectivity index (χ2v) is 6.53. The minimum absolute atomic E-state index is 0.0210. The Morgan fingerprint density at radius 1 is 1.00 bits per heavy atom. The smallest absolute Gasteiger partial charge is 0.305 e. The minimum atomic E-state index is -0.0210. The summed E-state index contributed by atoms with van der Waals surface area (Å²) in [7, 11) is 0. The lowest BCUT2D eigenvalue weighted by Crippen LogP contribution is -2.05. The largest absolute Gasteiger partial charge is 0.466 e. The molecule has 0 aromatic rings. The van der Waals surface area contributed by atoms with Crippen LogP contribution in [0.1, 0.15) is 77.0 Å². The lowest BCUT2D eigenvalue weighted by Gasteiger charge is -2.05. The number of thiol groups is 1. The van der Waals surface area contributed by atoms with Crippen molar-refractivity contribution in [1.29, 1.82) is 0 Å². The number of unbranched alkanes of at least 4 members (excludes halogenated alkanes) is 7. The predicted octanol–water partition coefficient (Wildman–Crippen LogP) is 5.64. The van der Waals surface area contributed by atoms with Crippen molar-refractivity contribution in [3.05, 3.63) is 23.8 Å². The number of carbonyl (C=O) groups excluding carboxylic acids is 1. The lowest BCUT2D eigenvalue weighted by molar-refractivity contribution is -0.143. The van der Waals surface area contributed by atoms with Crippen LogP contribution in [0, 0.1) is 0 Å². The second-order valence-electron chi connectivity index (χ2n) is 6.08. The van der Waals surface area contributed by atoms with Crippen molar-refractivity contribution in [2.45, 2.75) is 77.0 Å². The van der Waals surface area contributed by atoms with E-state index in [1.165, 1.54) is 44.1 Å². The summed E-state index contributed by atoms with van der Waals surface area (Å²) in [4.78, 5) is 11.6. The van der Waals surface area contributed by atoms with Gasteiger partial charge in [-0.15, -0.1) is 0 Å². The monoisotopic (exact) mass is 324 g/mol. The van der Waals surface area contributed by atoms with Gasteiger partial charge in [0.1, 0.15) is 0 Å². The average molecular weight is 325 g/mol. The van der Waals surface area contributed by atoms with Crippen LogP contribution in [0.4, 0.5) is 0 Å². The molecular weight excluding hydrogens is 292 g/mol. The van der Waals surface area contributed by atoms with E-state index in [2.05, 4.69) is 30.9 Å². The molecule has 0 N–H and O–H groups in total. The van der Waals surface area contributed by atoms with Crippen molar-refractivity contribution in [3.63, 3.8) is 0 Å². The number of hydrogen-bond acceptors (Lipinski definition) is 3. The quantitative estimate of drug-likeness (QED) is 0.254. The molecule has 0 aromatic carbocycles. The van der Waals surface area contributed by atoms with Gasteiger partial charge in [-0.25, -0.2) is 0 Å². The highest BCUT2D eigenvalue weighted by molar-refractivity contribution is 7.80. The molecule has 1 aliphatic carbocycles. The summed E-state index contributed by atoms with van der Waals surface area (Å²) in [6, 6.07) is 0. The first kappa shape index (κ1) is 19.3. The Labute approximate surface area is 141 Å². The van der Waals surface area contributed by atoms with Crippen LogP contribution in [-0.4, -0.2) is 18.3 Å². The molecule has 0 aromatic heterocycles. The maximum atomic E-state index is 11.6. The Kier molecular flexibility index (Phi) is 12.2. The Hall–Kier alpha value is -0.700. The summed E-state index contributed by atoms with van der Waals surface area (Å²) in [5, 5.41) is 0. The van der Waals surface area contributed by atoms with Crippen molar-refractivity contribution in [3.8, 4) is 0 Å². The first-order valence-corrected chi connectivity index (χ1v) is 9.57. The highest BCUT2D eigenvalue weighted by atomic mass is 32.1. The van der Waals surface area contributed by atoms with Gasteiger partial charge in [0.2, 0.25) is 0 Å². The molecule has 0 bridgehead atoms. The fourth-order valence-electron chi connectivity index (χ4n) is 2.65. The molecule has 0 amide bonds. The number of hydrogen-bond donors (Lipinski definition) is 1. The molecule has 0 atom stereocenters. The number of allylic oxidation sites excluding steroid dienone is 4. The van der Waals surface area contributed by atoms with Gasteiger partial charge in [-0.3, -0.25) is 4.79 Å². The van der Waals surface area contributed by atoms with Crippen molar-refractivity contribution < 1.29 is 9.53 Å². The molecule has 22 heavy (non-hydrogen) atoms. The second kappa shape index (κ2) is 13.9. The summed E-state index contributed by atoms with van der Waals surface area (Å²) in [6.07, 6.45) is 19.9. The van der Waals surface area contributed by atoms with Crippen molar-refractivity contribution in [1.82, 2.24) is 0 Å². The Bertz CT molecular complexity index is 347. The van der Waals surface area contributed by atoms with Gasteiger partial charge in [0.25, 0.3) is 0 Å². The molecule has 0 heterocycles. The zero-order chi connectivity index (χ0) is 15.9. The maximum Gasteiger partial charge on any atom is 0.305 e. The Morgan fingerprint density at radius 2 is 1.73 bits per heavy atom. The highest BCUT2D eigenvalue weighted by Crippen LogP contribution is 2.17. The summed E-state index contributed by atoms with van der Waals surface area (Å²) in [6.45, 7) is 0.602. The zero-order valence-electron chi connectivity index (χ0n) is 13.9. The minimum Gasteiger partial charge on any atom is -0.466 e. The van der Waals surface area contributed by atoms with Crippen LogP contribution in [-0.2, 0) is 9.53 Å². The summed E-state index contributed by atoms with van der Waals surface area (Å²) in [5.74, 6) is 0.983. The van der Waals surface area contributed by atoms with Crippen LogP contribution in [0.5, 0.6) is 0 Å². The van der Waals surface area contributed by atoms with E-state index < -0.39 is 0 Å². The molecule has 1 aliphatic rings. The molecule has 0 saturated heterocycles. The van der Waals surface area contributed by atoms with Crippen LogP contribution in [0.3, 0.4) is 0 Å². The summed E-state index contributed by atoms with van der Waals surface area (Å²) >= 11 is 4.21. The number of esters is 1. The lowest BCUT2D eigenvalue weighted by atomic mass is 10.1. The Morgan fingerprint density at radius 3 is 2.41 bits per heavy atom. The van der Waals surface area contributed by atoms with Crippen LogP contribution in [0.2, 0.25) is 0 Å². The van der Waals surface area contributed by atoms with Gasteiger partial charge >= 0.3 is 5.97 Å². The highest BCUT2D eigenvalue weighted by Gasteiger charge is 2.04. The van der Waals surface area contributed by atoms with Crippen LogP contribution >= 0.6 is 12.6 Å². The summed E-state index contributed by atoms with van der Waals surface area (Å²) < 4.78 is 5.28. The molecule has 0 fully saturated rings. The number of carbonyl (C=O) groups is 1. The fraction of sp³-hybridized carbons (Fsp3) is 0.737. The molecule has 0 radical (unpaired) electrons. The molecule has 0 unspecified atom stereocenters. The van der Waals surface area contributed by atoms with Crippen molar-refractivity contribution in [2.24, 2.45) is 0 Å².